The highest BCUT2D eigenvalue weighted by Gasteiger charge is 2.19. The first-order valence-corrected chi connectivity index (χ1v) is 6.70. The molecule has 5 nitrogen and oxygen atoms in total. The highest BCUT2D eigenvalue weighted by molar-refractivity contribution is 5.34. The van der Waals surface area contributed by atoms with Crippen molar-refractivity contribution in [3.8, 4) is 17.5 Å². The minimum atomic E-state index is 0.341. The van der Waals surface area contributed by atoms with E-state index in [1.54, 1.807) is 25.6 Å². The number of rotatable bonds is 6. The van der Waals surface area contributed by atoms with E-state index in [0.29, 0.717) is 17.8 Å². The zero-order chi connectivity index (χ0) is 13.8. The second-order valence-electron chi connectivity index (χ2n) is 4.81. The van der Waals surface area contributed by atoms with E-state index < -0.39 is 0 Å². The van der Waals surface area contributed by atoms with Gasteiger partial charge < -0.3 is 14.8 Å². The molecule has 1 saturated carbocycles. The van der Waals surface area contributed by atoms with Gasteiger partial charge in [-0.1, -0.05) is 6.07 Å². The van der Waals surface area contributed by atoms with Crippen molar-refractivity contribution in [1.82, 2.24) is 15.3 Å². The summed E-state index contributed by atoms with van der Waals surface area (Å²) < 4.78 is 10.7. The van der Waals surface area contributed by atoms with E-state index in [-0.39, 0.29) is 0 Å². The van der Waals surface area contributed by atoms with Gasteiger partial charge in [-0.25, -0.2) is 9.97 Å². The van der Waals surface area contributed by atoms with Crippen molar-refractivity contribution >= 4 is 0 Å². The molecule has 0 unspecified atom stereocenters. The van der Waals surface area contributed by atoms with Gasteiger partial charge in [0.15, 0.2) is 0 Å². The number of hydrogen-bond donors (Lipinski definition) is 1. The molecule has 0 radical (unpaired) electrons. The topological polar surface area (TPSA) is 56.3 Å². The second kappa shape index (κ2) is 5.88. The van der Waals surface area contributed by atoms with E-state index >= 15 is 0 Å². The van der Waals surface area contributed by atoms with Crippen molar-refractivity contribution in [3.63, 3.8) is 0 Å². The van der Waals surface area contributed by atoms with Gasteiger partial charge in [-0.15, -0.1) is 0 Å². The average Bonchev–Trinajstić information content (AvgIpc) is 3.31. The summed E-state index contributed by atoms with van der Waals surface area (Å²) in [5.74, 6) is 1.40. The van der Waals surface area contributed by atoms with Crippen LogP contribution >= 0.6 is 0 Å². The fourth-order valence-electron chi connectivity index (χ4n) is 1.81. The van der Waals surface area contributed by atoms with Crippen LogP contribution in [0.2, 0.25) is 0 Å². The molecule has 0 atom stereocenters. The highest BCUT2D eigenvalue weighted by Crippen LogP contribution is 2.23. The van der Waals surface area contributed by atoms with Crippen molar-refractivity contribution in [2.24, 2.45) is 0 Å². The van der Waals surface area contributed by atoms with Crippen LogP contribution in [0.4, 0.5) is 0 Å². The van der Waals surface area contributed by atoms with Crippen LogP contribution in [0.25, 0.3) is 0 Å². The van der Waals surface area contributed by atoms with Crippen molar-refractivity contribution in [3.05, 3.63) is 42.2 Å². The molecule has 0 saturated heterocycles. The van der Waals surface area contributed by atoms with Gasteiger partial charge in [-0.2, -0.15) is 0 Å². The molecule has 0 spiro atoms. The smallest absolute Gasteiger partial charge is 0.321 e. The van der Waals surface area contributed by atoms with Crippen LogP contribution in [-0.2, 0) is 6.54 Å². The van der Waals surface area contributed by atoms with Crippen LogP contribution in [0.1, 0.15) is 18.4 Å². The molecule has 3 rings (SSSR count). The van der Waals surface area contributed by atoms with Crippen LogP contribution in [0, 0.1) is 0 Å². The van der Waals surface area contributed by atoms with Crippen LogP contribution in [0.5, 0.6) is 17.5 Å². The Balaban J connectivity index is 1.61. The second-order valence-corrected chi connectivity index (χ2v) is 4.81. The first-order valence-electron chi connectivity index (χ1n) is 6.70. The standard InChI is InChI=1S/C15H17N3O2/c1-19-13-3-2-4-14(7-13)20-15-17-9-11(10-18-15)8-16-12-5-6-12/h2-4,7,9-10,12,16H,5-6,8H2,1H3. The summed E-state index contributed by atoms with van der Waals surface area (Å²) in [4.78, 5) is 8.43. The summed E-state index contributed by atoms with van der Waals surface area (Å²) in [6.07, 6.45) is 6.13. The lowest BCUT2D eigenvalue weighted by Gasteiger charge is -2.06. The number of ether oxygens (including phenoxy) is 2. The van der Waals surface area contributed by atoms with E-state index in [2.05, 4.69) is 15.3 Å². The summed E-state index contributed by atoms with van der Waals surface area (Å²) in [6, 6.07) is 8.39. The Bertz CT molecular complexity index is 568. The van der Waals surface area contributed by atoms with Gasteiger partial charge >= 0.3 is 6.01 Å². The number of benzene rings is 1. The quantitative estimate of drug-likeness (QED) is 0.875. The lowest BCUT2D eigenvalue weighted by molar-refractivity contribution is 0.404. The molecule has 104 valence electrons. The molecule has 1 N–H and O–H groups in total. The minimum absolute atomic E-state index is 0.341. The van der Waals surface area contributed by atoms with Gasteiger partial charge in [0.2, 0.25) is 0 Å². The first kappa shape index (κ1) is 12.9. The number of nitrogens with one attached hydrogen (secondary N) is 1. The first-order chi connectivity index (χ1) is 9.83. The lowest BCUT2D eigenvalue weighted by atomic mass is 10.3. The molecule has 1 aliphatic rings. The third-order valence-corrected chi connectivity index (χ3v) is 3.10. The van der Waals surface area contributed by atoms with Crippen LogP contribution in [-0.4, -0.2) is 23.1 Å². The van der Waals surface area contributed by atoms with Crippen molar-refractivity contribution in [1.29, 1.82) is 0 Å². The third kappa shape index (κ3) is 3.45. The molecule has 0 amide bonds. The van der Waals surface area contributed by atoms with E-state index in [1.165, 1.54) is 12.8 Å². The zero-order valence-electron chi connectivity index (χ0n) is 11.4. The summed E-state index contributed by atoms with van der Waals surface area (Å²) in [7, 11) is 1.62. The number of methoxy groups -OCH3 is 1. The third-order valence-electron chi connectivity index (χ3n) is 3.10. The predicted molar refractivity (Wildman–Crippen MR) is 75.0 cm³/mol. The van der Waals surface area contributed by atoms with Gasteiger partial charge in [-0.05, 0) is 25.0 Å². The van der Waals surface area contributed by atoms with Crippen molar-refractivity contribution in [2.75, 3.05) is 7.11 Å². The SMILES string of the molecule is COc1cccc(Oc2ncc(CNC3CC3)cn2)c1. The molecule has 1 fully saturated rings. The van der Waals surface area contributed by atoms with Gasteiger partial charge in [-0.3, -0.25) is 0 Å². The van der Waals surface area contributed by atoms with Gasteiger partial charge in [0.1, 0.15) is 11.5 Å². The summed E-state index contributed by atoms with van der Waals surface area (Å²) >= 11 is 0. The van der Waals surface area contributed by atoms with E-state index in [9.17, 15) is 0 Å². The number of nitrogens with zero attached hydrogens (tertiary/aromatic N) is 2. The Hall–Kier alpha value is -2.14. The van der Waals surface area contributed by atoms with Gasteiger partial charge in [0.25, 0.3) is 0 Å². The maximum Gasteiger partial charge on any atom is 0.321 e. The minimum Gasteiger partial charge on any atom is -0.497 e. The van der Waals surface area contributed by atoms with E-state index in [4.69, 9.17) is 9.47 Å². The molecule has 1 aliphatic carbocycles. The monoisotopic (exact) mass is 271 g/mol. The Morgan fingerprint density at radius 1 is 1.20 bits per heavy atom. The molecular formula is C15H17N3O2. The van der Waals surface area contributed by atoms with Crippen LogP contribution < -0.4 is 14.8 Å². The lowest BCUT2D eigenvalue weighted by Crippen LogP contribution is -2.15. The molecular weight excluding hydrogens is 254 g/mol. The fraction of sp³-hybridized carbons (Fsp3) is 0.333. The van der Waals surface area contributed by atoms with E-state index in [0.717, 1.165) is 17.9 Å². The Morgan fingerprint density at radius 3 is 2.65 bits per heavy atom. The summed E-state index contributed by atoms with van der Waals surface area (Å²) in [6.45, 7) is 0.810. The van der Waals surface area contributed by atoms with Crippen molar-refractivity contribution < 1.29 is 9.47 Å². The number of hydrogen-bond acceptors (Lipinski definition) is 5. The maximum absolute atomic E-state index is 5.59. The molecule has 0 aliphatic heterocycles. The highest BCUT2D eigenvalue weighted by atomic mass is 16.5. The molecule has 0 bridgehead atoms. The van der Waals surface area contributed by atoms with E-state index in [1.807, 2.05) is 18.2 Å². The molecule has 1 aromatic carbocycles. The van der Waals surface area contributed by atoms with Crippen molar-refractivity contribution in [2.45, 2.75) is 25.4 Å². The van der Waals surface area contributed by atoms with Crippen LogP contribution in [0.3, 0.4) is 0 Å². The molecule has 5 heteroatoms. The summed E-state index contributed by atoms with van der Waals surface area (Å²) in [5.41, 5.74) is 1.06. The van der Waals surface area contributed by atoms with Gasteiger partial charge in [0, 0.05) is 36.6 Å². The predicted octanol–water partition coefficient (Wildman–Crippen LogP) is 2.53. The van der Waals surface area contributed by atoms with Crippen LogP contribution in [0.15, 0.2) is 36.7 Å². The number of aromatic nitrogens is 2. The maximum atomic E-state index is 5.59. The summed E-state index contributed by atoms with van der Waals surface area (Å²) in [5, 5.41) is 3.42. The Labute approximate surface area is 118 Å². The fourth-order valence-corrected chi connectivity index (χ4v) is 1.81. The zero-order valence-corrected chi connectivity index (χ0v) is 11.4. The molecule has 2 aromatic rings. The Kier molecular flexibility index (Phi) is 3.78. The molecule has 20 heavy (non-hydrogen) atoms. The molecule has 1 aromatic heterocycles. The normalized spacial score (nSPS) is 14.1. The average molecular weight is 271 g/mol. The largest absolute Gasteiger partial charge is 0.497 e. The Morgan fingerprint density at radius 2 is 1.95 bits per heavy atom. The molecule has 1 heterocycles. The van der Waals surface area contributed by atoms with Gasteiger partial charge in [0.05, 0.1) is 7.11 Å².